The topological polar surface area (TPSA) is 72.2 Å². The van der Waals surface area contributed by atoms with Crippen LogP contribution in [-0.2, 0) is 16.4 Å². The fourth-order valence-corrected chi connectivity index (χ4v) is 5.46. The number of sulfone groups is 1. The van der Waals surface area contributed by atoms with Crippen LogP contribution in [0.3, 0.4) is 0 Å². The van der Waals surface area contributed by atoms with Crippen LogP contribution in [0.4, 0.5) is 8.78 Å². The first-order valence-corrected chi connectivity index (χ1v) is 11.7. The molecule has 0 bridgehead atoms. The molecular formula is C24H22F2N2O3S. The average molecular weight is 457 g/mol. The summed E-state index contributed by atoms with van der Waals surface area (Å²) in [6, 6.07) is 11.8. The third-order valence-corrected chi connectivity index (χ3v) is 7.27. The lowest BCUT2D eigenvalue weighted by Gasteiger charge is -2.16. The predicted molar refractivity (Wildman–Crippen MR) is 117 cm³/mol. The number of nitrogens with zero attached hydrogens (tertiary/aromatic N) is 2. The van der Waals surface area contributed by atoms with E-state index in [2.05, 4.69) is 4.98 Å². The van der Waals surface area contributed by atoms with E-state index in [1.807, 2.05) is 18.4 Å². The van der Waals surface area contributed by atoms with E-state index in [9.17, 15) is 22.3 Å². The SMILES string of the molecule is CCCn1c(C)c(C(O)c2cccnc2S(=O)(=O)c2ccc(F)cc2)c2cc(F)ccc21. The van der Waals surface area contributed by atoms with Crippen molar-refractivity contribution in [2.45, 2.75) is 42.8 Å². The molecule has 1 unspecified atom stereocenters. The maximum Gasteiger partial charge on any atom is 0.224 e. The summed E-state index contributed by atoms with van der Waals surface area (Å²) in [4.78, 5) is 3.91. The van der Waals surface area contributed by atoms with Gasteiger partial charge >= 0.3 is 0 Å². The number of aliphatic hydroxyl groups excluding tert-OH is 1. The number of fused-ring (bicyclic) bond motifs is 1. The summed E-state index contributed by atoms with van der Waals surface area (Å²) < 4.78 is 55.9. The van der Waals surface area contributed by atoms with E-state index in [4.69, 9.17) is 0 Å². The minimum absolute atomic E-state index is 0.0692. The number of aromatic nitrogens is 2. The summed E-state index contributed by atoms with van der Waals surface area (Å²) in [6.45, 7) is 4.49. The van der Waals surface area contributed by atoms with Crippen LogP contribution in [0.25, 0.3) is 10.9 Å². The molecule has 0 fully saturated rings. The van der Waals surface area contributed by atoms with Gasteiger partial charge in [-0.2, -0.15) is 0 Å². The summed E-state index contributed by atoms with van der Waals surface area (Å²) in [7, 11) is -4.14. The number of hydrogen-bond acceptors (Lipinski definition) is 4. The van der Waals surface area contributed by atoms with Gasteiger partial charge < -0.3 is 9.67 Å². The van der Waals surface area contributed by atoms with E-state index in [1.165, 1.54) is 30.5 Å². The van der Waals surface area contributed by atoms with E-state index in [0.29, 0.717) is 23.2 Å². The molecule has 0 saturated heterocycles. The number of aliphatic hydroxyl groups is 1. The minimum Gasteiger partial charge on any atom is -0.383 e. The average Bonchev–Trinajstić information content (AvgIpc) is 3.04. The highest BCUT2D eigenvalue weighted by atomic mass is 32.2. The molecule has 2 heterocycles. The third kappa shape index (κ3) is 3.69. The molecular weight excluding hydrogens is 434 g/mol. The highest BCUT2D eigenvalue weighted by molar-refractivity contribution is 7.91. The van der Waals surface area contributed by atoms with Crippen LogP contribution in [0.15, 0.2) is 70.7 Å². The normalized spacial score (nSPS) is 12.9. The van der Waals surface area contributed by atoms with Crippen LogP contribution in [-0.4, -0.2) is 23.1 Å². The number of rotatable bonds is 6. The van der Waals surface area contributed by atoms with Crippen molar-refractivity contribution >= 4 is 20.7 Å². The molecule has 4 rings (SSSR count). The van der Waals surface area contributed by atoms with Gasteiger partial charge in [0.25, 0.3) is 0 Å². The zero-order chi connectivity index (χ0) is 23.0. The van der Waals surface area contributed by atoms with Crippen LogP contribution in [0.1, 0.15) is 36.3 Å². The van der Waals surface area contributed by atoms with Gasteiger partial charge in [-0.15, -0.1) is 0 Å². The summed E-state index contributed by atoms with van der Waals surface area (Å²) in [6.07, 6.45) is 0.782. The van der Waals surface area contributed by atoms with Crippen molar-refractivity contribution in [1.29, 1.82) is 0 Å². The summed E-state index contributed by atoms with van der Waals surface area (Å²) in [5.74, 6) is -1.02. The number of benzene rings is 2. The van der Waals surface area contributed by atoms with Crippen LogP contribution in [0, 0.1) is 18.6 Å². The first-order valence-electron chi connectivity index (χ1n) is 10.2. The second-order valence-corrected chi connectivity index (χ2v) is 9.43. The molecule has 32 heavy (non-hydrogen) atoms. The van der Waals surface area contributed by atoms with E-state index in [-0.39, 0.29) is 15.5 Å². The van der Waals surface area contributed by atoms with E-state index < -0.39 is 27.6 Å². The van der Waals surface area contributed by atoms with E-state index >= 15 is 0 Å². The molecule has 0 aliphatic heterocycles. The maximum atomic E-state index is 14.1. The number of aryl methyl sites for hydroxylation is 1. The van der Waals surface area contributed by atoms with Crippen molar-refractivity contribution in [3.05, 3.63) is 89.2 Å². The molecule has 2 aromatic heterocycles. The fourth-order valence-electron chi connectivity index (χ4n) is 4.05. The molecule has 8 heteroatoms. The molecule has 1 atom stereocenters. The van der Waals surface area contributed by atoms with Gasteiger partial charge in [-0.05, 0) is 61.9 Å². The molecule has 0 aliphatic rings. The smallest absolute Gasteiger partial charge is 0.224 e. The van der Waals surface area contributed by atoms with Crippen LogP contribution in [0.5, 0.6) is 0 Å². The van der Waals surface area contributed by atoms with Crippen molar-refractivity contribution in [1.82, 2.24) is 9.55 Å². The van der Waals surface area contributed by atoms with Crippen molar-refractivity contribution in [2.24, 2.45) is 0 Å². The number of pyridine rings is 1. The lowest BCUT2D eigenvalue weighted by atomic mass is 10.00. The molecule has 0 aliphatic carbocycles. The Kier molecular flexibility index (Phi) is 5.83. The van der Waals surface area contributed by atoms with Crippen molar-refractivity contribution in [3.8, 4) is 0 Å². The van der Waals surface area contributed by atoms with Crippen molar-refractivity contribution in [3.63, 3.8) is 0 Å². The molecule has 166 valence electrons. The van der Waals surface area contributed by atoms with E-state index in [0.717, 1.165) is 36.2 Å². The molecule has 0 amide bonds. The predicted octanol–water partition coefficient (Wildman–Crippen LogP) is 4.95. The molecule has 2 aromatic carbocycles. The Balaban J connectivity index is 1.92. The molecule has 0 saturated carbocycles. The zero-order valence-electron chi connectivity index (χ0n) is 17.6. The molecule has 5 nitrogen and oxygen atoms in total. The third-order valence-electron chi connectivity index (χ3n) is 5.53. The van der Waals surface area contributed by atoms with Gasteiger partial charge in [0.05, 0.1) is 4.90 Å². The summed E-state index contributed by atoms with van der Waals surface area (Å²) >= 11 is 0. The van der Waals surface area contributed by atoms with Crippen LogP contribution >= 0.6 is 0 Å². The Hall–Kier alpha value is -3.10. The second-order valence-electron chi connectivity index (χ2n) is 7.57. The fraction of sp³-hybridized carbons (Fsp3) is 0.208. The second kappa shape index (κ2) is 8.44. The first-order chi connectivity index (χ1) is 15.3. The molecule has 4 aromatic rings. The van der Waals surface area contributed by atoms with Gasteiger partial charge in [-0.1, -0.05) is 13.0 Å². The van der Waals surface area contributed by atoms with Gasteiger partial charge in [-0.25, -0.2) is 22.2 Å². The van der Waals surface area contributed by atoms with Crippen molar-refractivity contribution < 1.29 is 22.3 Å². The molecule has 0 radical (unpaired) electrons. The molecule has 0 spiro atoms. The highest BCUT2D eigenvalue weighted by Crippen LogP contribution is 2.37. The Morgan fingerprint density at radius 1 is 1.06 bits per heavy atom. The lowest BCUT2D eigenvalue weighted by Crippen LogP contribution is -2.12. The Bertz CT molecular complexity index is 1400. The van der Waals surface area contributed by atoms with Gasteiger partial charge in [0, 0.05) is 40.5 Å². The van der Waals surface area contributed by atoms with Crippen molar-refractivity contribution in [2.75, 3.05) is 0 Å². The van der Waals surface area contributed by atoms with Gasteiger partial charge in [0.15, 0.2) is 5.03 Å². The monoisotopic (exact) mass is 456 g/mol. The number of halogens is 2. The first kappa shape index (κ1) is 22.1. The summed E-state index contributed by atoms with van der Waals surface area (Å²) in [5.41, 5.74) is 1.97. The standard InChI is InChI=1S/C24H22F2N2O3S/c1-3-13-28-15(2)22(20-14-17(26)8-11-21(20)28)23(29)19-5-4-12-27-24(19)32(30,31)18-9-6-16(25)7-10-18/h4-12,14,23,29H,3,13H2,1-2H3. The Labute approximate surface area is 184 Å². The Morgan fingerprint density at radius 3 is 2.44 bits per heavy atom. The van der Waals surface area contributed by atoms with Crippen LogP contribution < -0.4 is 0 Å². The van der Waals surface area contributed by atoms with E-state index in [1.54, 1.807) is 6.07 Å². The minimum atomic E-state index is -4.14. The van der Waals surface area contributed by atoms with Gasteiger partial charge in [-0.3, -0.25) is 0 Å². The maximum absolute atomic E-state index is 14.1. The number of hydrogen-bond donors (Lipinski definition) is 1. The van der Waals surface area contributed by atoms with Gasteiger partial charge in [0.2, 0.25) is 9.84 Å². The highest BCUT2D eigenvalue weighted by Gasteiger charge is 2.29. The zero-order valence-corrected chi connectivity index (χ0v) is 18.4. The quantitative estimate of drug-likeness (QED) is 0.417. The van der Waals surface area contributed by atoms with Gasteiger partial charge in [0.1, 0.15) is 17.7 Å². The lowest BCUT2D eigenvalue weighted by molar-refractivity contribution is 0.216. The largest absolute Gasteiger partial charge is 0.383 e. The molecule has 1 N–H and O–H groups in total. The summed E-state index contributed by atoms with van der Waals surface area (Å²) in [5, 5.41) is 11.6. The Morgan fingerprint density at radius 2 is 1.75 bits per heavy atom. The van der Waals surface area contributed by atoms with Crippen LogP contribution in [0.2, 0.25) is 0 Å².